The van der Waals surface area contributed by atoms with E-state index in [0.717, 1.165) is 29.7 Å². The van der Waals surface area contributed by atoms with Gasteiger partial charge in [-0.2, -0.15) is 5.10 Å². The van der Waals surface area contributed by atoms with Gasteiger partial charge in [-0.15, -0.1) is 0 Å². The maximum atomic E-state index is 11.8. The van der Waals surface area contributed by atoms with Crippen molar-refractivity contribution in [1.82, 2.24) is 20.1 Å². The van der Waals surface area contributed by atoms with Crippen LogP contribution in [0, 0.1) is 0 Å². The van der Waals surface area contributed by atoms with Crippen LogP contribution in [0.2, 0.25) is 0 Å². The largest absolute Gasteiger partial charge is 0.344 e. The van der Waals surface area contributed by atoms with Gasteiger partial charge in [-0.05, 0) is 25.8 Å². The van der Waals surface area contributed by atoms with Gasteiger partial charge in [0.2, 0.25) is 5.91 Å². The summed E-state index contributed by atoms with van der Waals surface area (Å²) in [7, 11) is 1.88. The summed E-state index contributed by atoms with van der Waals surface area (Å²) in [6.45, 7) is 1.68. The van der Waals surface area contributed by atoms with Crippen LogP contribution < -0.4 is 11.1 Å². The number of hydrogen-bond acceptors (Lipinski definition) is 4. The van der Waals surface area contributed by atoms with Crippen molar-refractivity contribution in [2.45, 2.75) is 31.3 Å². The number of carbonyl (C=O) groups is 1. The molecule has 1 aliphatic carbocycles. The monoisotopic (exact) mass is 285 g/mol. The summed E-state index contributed by atoms with van der Waals surface area (Å²) < 4.78 is 1.76. The number of aryl methyl sites for hydroxylation is 1. The van der Waals surface area contributed by atoms with Gasteiger partial charge >= 0.3 is 0 Å². The Labute approximate surface area is 123 Å². The minimum Gasteiger partial charge on any atom is -0.344 e. The highest BCUT2D eigenvalue weighted by molar-refractivity contribution is 5.82. The second kappa shape index (κ2) is 4.96. The quantitative estimate of drug-likeness (QED) is 0.875. The zero-order chi connectivity index (χ0) is 15.0. The fourth-order valence-electron chi connectivity index (χ4n) is 2.34. The van der Waals surface area contributed by atoms with E-state index < -0.39 is 6.04 Å². The van der Waals surface area contributed by atoms with Crippen molar-refractivity contribution in [2.24, 2.45) is 12.8 Å². The van der Waals surface area contributed by atoms with E-state index in [-0.39, 0.29) is 11.4 Å². The molecule has 1 saturated carbocycles. The first-order valence-corrected chi connectivity index (χ1v) is 7.03. The van der Waals surface area contributed by atoms with Crippen LogP contribution in [0.5, 0.6) is 0 Å². The lowest BCUT2D eigenvalue weighted by atomic mass is 10.1. The first kappa shape index (κ1) is 13.8. The lowest BCUT2D eigenvalue weighted by Crippen LogP contribution is -2.44. The van der Waals surface area contributed by atoms with Gasteiger partial charge in [-0.3, -0.25) is 14.5 Å². The van der Waals surface area contributed by atoms with Crippen LogP contribution in [-0.4, -0.2) is 26.7 Å². The van der Waals surface area contributed by atoms with Crippen LogP contribution in [0.4, 0.5) is 0 Å². The molecule has 0 saturated heterocycles. The summed E-state index contributed by atoms with van der Waals surface area (Å²) in [6.07, 6.45) is 7.39. The number of nitrogens with zero attached hydrogens (tertiary/aromatic N) is 3. The SMILES string of the molecule is C[C@H](N)C(=O)NC1(c2ccc(-c3cnn(C)c3)cn2)CC1. The third-order valence-corrected chi connectivity index (χ3v) is 3.82. The second-order valence-electron chi connectivity index (χ2n) is 5.69. The maximum absolute atomic E-state index is 11.8. The fraction of sp³-hybridized carbons (Fsp3) is 0.400. The number of nitrogens with one attached hydrogen (secondary N) is 1. The van der Waals surface area contributed by atoms with Crippen LogP contribution in [0.15, 0.2) is 30.7 Å². The normalized spacial score (nSPS) is 17.3. The Hall–Kier alpha value is -2.21. The Morgan fingerprint density at radius 2 is 2.14 bits per heavy atom. The molecule has 3 N–H and O–H groups in total. The molecule has 6 heteroatoms. The minimum atomic E-state index is -0.503. The van der Waals surface area contributed by atoms with Gasteiger partial charge in [0.05, 0.1) is 23.5 Å². The number of amides is 1. The third-order valence-electron chi connectivity index (χ3n) is 3.82. The van der Waals surface area contributed by atoms with Gasteiger partial charge in [-0.25, -0.2) is 0 Å². The zero-order valence-electron chi connectivity index (χ0n) is 12.2. The van der Waals surface area contributed by atoms with Crippen molar-refractivity contribution >= 4 is 5.91 Å². The molecular weight excluding hydrogens is 266 g/mol. The number of carbonyl (C=O) groups excluding carboxylic acids is 1. The maximum Gasteiger partial charge on any atom is 0.237 e. The highest BCUT2D eigenvalue weighted by atomic mass is 16.2. The van der Waals surface area contributed by atoms with Crippen molar-refractivity contribution in [2.75, 3.05) is 0 Å². The van der Waals surface area contributed by atoms with Crippen molar-refractivity contribution in [3.05, 3.63) is 36.4 Å². The van der Waals surface area contributed by atoms with Crippen molar-refractivity contribution in [3.8, 4) is 11.1 Å². The predicted molar refractivity (Wildman–Crippen MR) is 79.1 cm³/mol. The molecule has 2 aromatic heterocycles. The van der Waals surface area contributed by atoms with Crippen molar-refractivity contribution in [3.63, 3.8) is 0 Å². The first-order chi connectivity index (χ1) is 10.00. The third kappa shape index (κ3) is 2.67. The van der Waals surface area contributed by atoms with Crippen LogP contribution in [0.25, 0.3) is 11.1 Å². The van der Waals surface area contributed by atoms with Crippen molar-refractivity contribution in [1.29, 1.82) is 0 Å². The Balaban J connectivity index is 1.80. The molecule has 21 heavy (non-hydrogen) atoms. The van der Waals surface area contributed by atoms with Gasteiger partial charge in [0.1, 0.15) is 0 Å². The predicted octanol–water partition coefficient (Wildman–Crippen LogP) is 0.935. The van der Waals surface area contributed by atoms with Crippen LogP contribution in [0.1, 0.15) is 25.5 Å². The topological polar surface area (TPSA) is 85.8 Å². The summed E-state index contributed by atoms with van der Waals surface area (Å²) in [5.74, 6) is -0.134. The zero-order valence-corrected chi connectivity index (χ0v) is 12.2. The Morgan fingerprint density at radius 1 is 1.38 bits per heavy atom. The lowest BCUT2D eigenvalue weighted by molar-refractivity contribution is -0.123. The van der Waals surface area contributed by atoms with Crippen molar-refractivity contribution < 1.29 is 4.79 Å². The van der Waals surface area contributed by atoms with Crippen LogP contribution in [-0.2, 0) is 17.4 Å². The number of aromatic nitrogens is 3. The molecule has 2 heterocycles. The Bertz CT molecular complexity index is 655. The molecule has 0 spiro atoms. The standard InChI is InChI=1S/C15H19N5O/c1-10(16)14(21)19-15(5-6-15)13-4-3-11(7-17-13)12-8-18-20(2)9-12/h3-4,7-10H,5-6,16H2,1-2H3,(H,19,21)/t10-/m0/s1. The van der Waals surface area contributed by atoms with E-state index in [9.17, 15) is 4.79 Å². The average molecular weight is 285 g/mol. The molecule has 6 nitrogen and oxygen atoms in total. The molecule has 0 radical (unpaired) electrons. The van der Waals surface area contributed by atoms with E-state index in [1.54, 1.807) is 11.6 Å². The molecule has 3 rings (SSSR count). The van der Waals surface area contributed by atoms with E-state index in [4.69, 9.17) is 5.73 Å². The molecule has 1 atom stereocenters. The molecule has 1 aliphatic rings. The van der Waals surface area contributed by atoms with Crippen LogP contribution >= 0.6 is 0 Å². The molecule has 2 aromatic rings. The first-order valence-electron chi connectivity index (χ1n) is 7.03. The van der Waals surface area contributed by atoms with Gasteiger partial charge in [0.25, 0.3) is 0 Å². The number of rotatable bonds is 4. The van der Waals surface area contributed by atoms with E-state index in [0.29, 0.717) is 0 Å². The van der Waals surface area contributed by atoms with Gasteiger partial charge in [-0.1, -0.05) is 6.07 Å². The molecule has 1 fully saturated rings. The van der Waals surface area contributed by atoms with Gasteiger partial charge in [0, 0.05) is 30.6 Å². The highest BCUT2D eigenvalue weighted by Crippen LogP contribution is 2.44. The molecule has 0 unspecified atom stereocenters. The molecule has 1 amide bonds. The minimum absolute atomic E-state index is 0.134. The second-order valence-corrected chi connectivity index (χ2v) is 5.69. The fourth-order valence-corrected chi connectivity index (χ4v) is 2.34. The van der Waals surface area contributed by atoms with Gasteiger partial charge < -0.3 is 11.1 Å². The van der Waals surface area contributed by atoms with E-state index in [1.807, 2.05) is 37.8 Å². The molecule has 0 aliphatic heterocycles. The summed E-state index contributed by atoms with van der Waals surface area (Å²) in [4.78, 5) is 16.3. The summed E-state index contributed by atoms with van der Waals surface area (Å²) in [5, 5.41) is 7.16. The number of nitrogens with two attached hydrogens (primary N) is 1. The Kier molecular flexibility index (Phi) is 3.25. The highest BCUT2D eigenvalue weighted by Gasteiger charge is 2.47. The molecular formula is C15H19N5O. The number of hydrogen-bond donors (Lipinski definition) is 2. The smallest absolute Gasteiger partial charge is 0.237 e. The summed E-state index contributed by atoms with van der Waals surface area (Å²) in [6, 6.07) is 3.48. The van der Waals surface area contributed by atoms with Gasteiger partial charge in [0.15, 0.2) is 0 Å². The molecule has 0 bridgehead atoms. The van der Waals surface area contributed by atoms with Crippen LogP contribution in [0.3, 0.4) is 0 Å². The van der Waals surface area contributed by atoms with E-state index >= 15 is 0 Å². The average Bonchev–Trinajstić information content (AvgIpc) is 3.12. The van der Waals surface area contributed by atoms with E-state index in [2.05, 4.69) is 15.4 Å². The lowest BCUT2D eigenvalue weighted by Gasteiger charge is -2.18. The molecule has 110 valence electrons. The summed E-state index contributed by atoms with van der Waals surface area (Å²) >= 11 is 0. The number of pyridine rings is 1. The Morgan fingerprint density at radius 3 is 2.62 bits per heavy atom. The molecule has 0 aromatic carbocycles. The summed E-state index contributed by atoms with van der Waals surface area (Å²) in [5.41, 5.74) is 8.22. The van der Waals surface area contributed by atoms with E-state index in [1.165, 1.54) is 0 Å².